The average molecular weight is 326 g/mol. The van der Waals surface area contributed by atoms with E-state index < -0.39 is 0 Å². The third-order valence-corrected chi connectivity index (χ3v) is 4.42. The van der Waals surface area contributed by atoms with Crippen LogP contribution in [0.3, 0.4) is 0 Å². The molecule has 1 N–H and O–H groups in total. The Balaban J connectivity index is 1.96. The maximum atomic E-state index is 11.8. The molecule has 0 fully saturated rings. The number of halogens is 1. The molecule has 0 spiro atoms. The summed E-state index contributed by atoms with van der Waals surface area (Å²) in [5, 5.41) is 11.6. The Morgan fingerprint density at radius 3 is 3.00 bits per heavy atom. The Hall–Kier alpha value is -1.37. The Morgan fingerprint density at radius 2 is 2.25 bits per heavy atom. The van der Waals surface area contributed by atoms with E-state index in [4.69, 9.17) is 11.6 Å². The highest BCUT2D eigenvalue weighted by atomic mass is 35.5. The molecular formula is C13H12ClN3OS2. The maximum absolute atomic E-state index is 11.8. The summed E-state index contributed by atoms with van der Waals surface area (Å²) in [5.41, 5.74) is 0.795. The third kappa shape index (κ3) is 4.33. The van der Waals surface area contributed by atoms with Gasteiger partial charge in [-0.3, -0.25) is 10.1 Å². The van der Waals surface area contributed by atoms with Gasteiger partial charge >= 0.3 is 0 Å². The van der Waals surface area contributed by atoms with Gasteiger partial charge < -0.3 is 0 Å². The summed E-state index contributed by atoms with van der Waals surface area (Å²) < 4.78 is 0.845. The van der Waals surface area contributed by atoms with Gasteiger partial charge in [0.05, 0.1) is 0 Å². The molecule has 1 aromatic heterocycles. The first-order chi connectivity index (χ1) is 9.69. The molecule has 0 bridgehead atoms. The fourth-order valence-electron chi connectivity index (χ4n) is 1.36. The van der Waals surface area contributed by atoms with Crippen LogP contribution in [-0.4, -0.2) is 21.9 Å². The lowest BCUT2D eigenvalue weighted by molar-refractivity contribution is -0.111. The molecule has 0 radical (unpaired) electrons. The van der Waals surface area contributed by atoms with Crippen LogP contribution in [0.25, 0.3) is 6.08 Å². The summed E-state index contributed by atoms with van der Waals surface area (Å²) in [5.74, 6) is 0.670. The number of hydrogen-bond donors (Lipinski definition) is 1. The van der Waals surface area contributed by atoms with E-state index in [2.05, 4.69) is 15.5 Å². The minimum atomic E-state index is -0.255. The van der Waals surface area contributed by atoms with E-state index in [-0.39, 0.29) is 5.91 Å². The van der Waals surface area contributed by atoms with Crippen LogP contribution < -0.4 is 5.32 Å². The summed E-state index contributed by atoms with van der Waals surface area (Å²) in [6.45, 7) is 2.04. The third-order valence-electron chi connectivity index (χ3n) is 2.22. The van der Waals surface area contributed by atoms with Crippen molar-refractivity contribution in [1.29, 1.82) is 0 Å². The molecule has 0 aliphatic rings. The van der Waals surface area contributed by atoms with E-state index in [9.17, 15) is 4.79 Å². The Morgan fingerprint density at radius 1 is 1.45 bits per heavy atom. The Labute approximate surface area is 130 Å². The van der Waals surface area contributed by atoms with E-state index in [0.717, 1.165) is 15.7 Å². The molecule has 20 heavy (non-hydrogen) atoms. The van der Waals surface area contributed by atoms with Gasteiger partial charge in [0, 0.05) is 11.1 Å². The zero-order valence-corrected chi connectivity index (χ0v) is 13.1. The predicted octanol–water partition coefficient (Wildman–Crippen LogP) is 3.96. The van der Waals surface area contributed by atoms with Crippen molar-refractivity contribution in [3.05, 3.63) is 40.9 Å². The van der Waals surface area contributed by atoms with Crippen LogP contribution in [0.5, 0.6) is 0 Å². The number of nitrogens with zero attached hydrogens (tertiary/aromatic N) is 2. The molecule has 1 aromatic carbocycles. The van der Waals surface area contributed by atoms with E-state index in [1.54, 1.807) is 23.9 Å². The molecule has 104 valence electrons. The summed E-state index contributed by atoms with van der Waals surface area (Å²) in [6, 6.07) is 7.32. The Bertz CT molecular complexity index is 628. The number of nitrogens with one attached hydrogen (secondary N) is 1. The number of rotatable bonds is 5. The number of carbonyl (C=O) groups excluding carboxylic acids is 1. The zero-order chi connectivity index (χ0) is 14.4. The molecule has 0 saturated heterocycles. The standard InChI is InChI=1S/C13H12ClN3OS2/c1-2-19-13-17-16-12(20-13)15-11(18)8-7-9-5-3-4-6-10(9)14/h3-8H,2H2,1H3,(H,15,16,18). The van der Waals surface area contributed by atoms with Crippen molar-refractivity contribution >= 4 is 51.8 Å². The van der Waals surface area contributed by atoms with Crippen molar-refractivity contribution in [1.82, 2.24) is 10.2 Å². The number of thioether (sulfide) groups is 1. The first-order valence-corrected chi connectivity index (χ1v) is 8.07. The molecule has 4 nitrogen and oxygen atoms in total. The van der Waals surface area contributed by atoms with Crippen LogP contribution in [0.15, 0.2) is 34.7 Å². The zero-order valence-electron chi connectivity index (χ0n) is 10.7. The van der Waals surface area contributed by atoms with Gasteiger partial charge in [-0.2, -0.15) is 0 Å². The van der Waals surface area contributed by atoms with Crippen molar-refractivity contribution in [2.45, 2.75) is 11.3 Å². The summed E-state index contributed by atoms with van der Waals surface area (Å²) in [6.07, 6.45) is 3.09. The topological polar surface area (TPSA) is 54.9 Å². The highest BCUT2D eigenvalue weighted by Gasteiger charge is 2.06. The maximum Gasteiger partial charge on any atom is 0.250 e. The highest BCUT2D eigenvalue weighted by Crippen LogP contribution is 2.25. The number of amides is 1. The van der Waals surface area contributed by atoms with E-state index in [0.29, 0.717) is 10.2 Å². The van der Waals surface area contributed by atoms with E-state index in [1.807, 2.05) is 25.1 Å². The second kappa shape index (κ2) is 7.42. The van der Waals surface area contributed by atoms with Crippen molar-refractivity contribution < 1.29 is 4.79 Å². The van der Waals surface area contributed by atoms with Crippen LogP contribution in [0.2, 0.25) is 5.02 Å². The highest BCUT2D eigenvalue weighted by molar-refractivity contribution is 8.01. The van der Waals surface area contributed by atoms with Crippen LogP contribution in [0.1, 0.15) is 12.5 Å². The monoisotopic (exact) mass is 325 g/mol. The average Bonchev–Trinajstić information content (AvgIpc) is 2.85. The molecular weight excluding hydrogens is 314 g/mol. The number of aromatic nitrogens is 2. The first kappa shape index (κ1) is 15.0. The van der Waals surface area contributed by atoms with Crippen molar-refractivity contribution in [3.8, 4) is 0 Å². The minimum absolute atomic E-state index is 0.255. The van der Waals surface area contributed by atoms with E-state index >= 15 is 0 Å². The van der Waals surface area contributed by atoms with Crippen LogP contribution in [0, 0.1) is 0 Å². The van der Waals surface area contributed by atoms with Crippen molar-refractivity contribution in [3.63, 3.8) is 0 Å². The number of carbonyl (C=O) groups is 1. The molecule has 1 heterocycles. The lowest BCUT2D eigenvalue weighted by atomic mass is 10.2. The summed E-state index contributed by atoms with van der Waals surface area (Å²) >= 11 is 8.95. The smallest absolute Gasteiger partial charge is 0.250 e. The minimum Gasteiger partial charge on any atom is -0.297 e. The Kier molecular flexibility index (Phi) is 5.58. The van der Waals surface area contributed by atoms with Crippen LogP contribution in [-0.2, 0) is 4.79 Å². The lowest BCUT2D eigenvalue weighted by Crippen LogP contribution is -2.07. The lowest BCUT2D eigenvalue weighted by Gasteiger charge is -1.97. The fourth-order valence-corrected chi connectivity index (χ4v) is 3.22. The predicted molar refractivity (Wildman–Crippen MR) is 85.4 cm³/mol. The van der Waals surface area contributed by atoms with Gasteiger partial charge in [0.15, 0.2) is 4.34 Å². The van der Waals surface area contributed by atoms with Crippen LogP contribution in [0.4, 0.5) is 5.13 Å². The van der Waals surface area contributed by atoms with Gasteiger partial charge in [-0.1, -0.05) is 59.8 Å². The van der Waals surface area contributed by atoms with Gasteiger partial charge in [0.1, 0.15) is 0 Å². The van der Waals surface area contributed by atoms with Gasteiger partial charge in [-0.25, -0.2) is 0 Å². The molecule has 0 unspecified atom stereocenters. The molecule has 7 heteroatoms. The van der Waals surface area contributed by atoms with Gasteiger partial charge in [-0.15, -0.1) is 10.2 Å². The van der Waals surface area contributed by atoms with Gasteiger partial charge in [-0.05, 0) is 23.5 Å². The van der Waals surface area contributed by atoms with Gasteiger partial charge in [0.25, 0.3) is 0 Å². The van der Waals surface area contributed by atoms with E-state index in [1.165, 1.54) is 17.4 Å². The molecule has 0 aliphatic carbocycles. The molecule has 2 rings (SSSR count). The molecule has 0 saturated carbocycles. The SMILES string of the molecule is CCSc1nnc(NC(=O)C=Cc2ccccc2Cl)s1. The summed E-state index contributed by atoms with van der Waals surface area (Å²) in [4.78, 5) is 11.8. The molecule has 1 amide bonds. The first-order valence-electron chi connectivity index (χ1n) is 5.89. The fraction of sp³-hybridized carbons (Fsp3) is 0.154. The second-order valence-corrected chi connectivity index (χ2v) is 6.55. The van der Waals surface area contributed by atoms with Gasteiger partial charge in [0.2, 0.25) is 11.0 Å². The normalized spacial score (nSPS) is 10.9. The quantitative estimate of drug-likeness (QED) is 0.513. The number of hydrogen-bond acceptors (Lipinski definition) is 5. The van der Waals surface area contributed by atoms with Crippen molar-refractivity contribution in [2.24, 2.45) is 0 Å². The molecule has 2 aromatic rings. The molecule has 0 atom stereocenters. The molecule has 0 aliphatic heterocycles. The second-order valence-electron chi connectivity index (χ2n) is 3.65. The number of anilines is 1. The van der Waals surface area contributed by atoms with Crippen LogP contribution >= 0.6 is 34.7 Å². The largest absolute Gasteiger partial charge is 0.297 e. The van der Waals surface area contributed by atoms with Crippen molar-refractivity contribution in [2.75, 3.05) is 11.1 Å². The number of benzene rings is 1. The summed E-state index contributed by atoms with van der Waals surface area (Å²) in [7, 11) is 0.